The van der Waals surface area contributed by atoms with Crippen molar-refractivity contribution in [3.8, 4) is 0 Å². The van der Waals surface area contributed by atoms with Gasteiger partial charge in [0.1, 0.15) is 11.9 Å². The highest BCUT2D eigenvalue weighted by molar-refractivity contribution is 7.80. The smallest absolute Gasteiger partial charge is 0.254 e. The van der Waals surface area contributed by atoms with Crippen LogP contribution in [0.5, 0.6) is 0 Å². The van der Waals surface area contributed by atoms with Gasteiger partial charge < -0.3 is 5.32 Å². The van der Waals surface area contributed by atoms with Gasteiger partial charge in [0.05, 0.1) is 6.42 Å². The number of halogens is 1. The number of carbonyl (C=O) groups is 3. The molecular formula is C17H19FN4O3S. The van der Waals surface area contributed by atoms with Gasteiger partial charge in [0.2, 0.25) is 11.8 Å². The largest absolute Gasteiger partial charge is 0.326 e. The fraction of sp³-hybridized carbons (Fsp3) is 0.412. The van der Waals surface area contributed by atoms with Crippen molar-refractivity contribution < 1.29 is 18.8 Å². The van der Waals surface area contributed by atoms with E-state index >= 15 is 0 Å². The molecule has 1 aromatic carbocycles. The Hall–Kier alpha value is -2.55. The number of thiocarbonyl (C=S) groups is 1. The highest BCUT2D eigenvalue weighted by atomic mass is 32.1. The molecule has 1 aromatic rings. The Morgan fingerprint density at radius 2 is 1.92 bits per heavy atom. The molecule has 1 saturated carbocycles. The monoisotopic (exact) mass is 378 g/mol. The average Bonchev–Trinajstić information content (AvgIpc) is 3.42. The molecule has 1 aliphatic heterocycles. The van der Waals surface area contributed by atoms with Gasteiger partial charge in [-0.2, -0.15) is 0 Å². The molecule has 1 aliphatic carbocycles. The van der Waals surface area contributed by atoms with Crippen LogP contribution < -0.4 is 10.7 Å². The quantitative estimate of drug-likeness (QED) is 0.732. The second kappa shape index (κ2) is 7.36. The minimum atomic E-state index is -0.898. The van der Waals surface area contributed by atoms with Gasteiger partial charge >= 0.3 is 0 Å². The van der Waals surface area contributed by atoms with Crippen molar-refractivity contribution in [1.82, 2.24) is 15.3 Å². The summed E-state index contributed by atoms with van der Waals surface area (Å²) in [5, 5.41) is 4.11. The number of amides is 3. The van der Waals surface area contributed by atoms with Crippen molar-refractivity contribution in [3.05, 3.63) is 30.1 Å². The molecule has 138 valence electrons. The van der Waals surface area contributed by atoms with E-state index in [4.69, 9.17) is 12.2 Å². The molecule has 0 bridgehead atoms. The summed E-state index contributed by atoms with van der Waals surface area (Å²) < 4.78 is 12.9. The molecule has 26 heavy (non-hydrogen) atoms. The molecule has 0 radical (unpaired) electrons. The molecule has 7 nitrogen and oxygen atoms in total. The molecule has 2 fully saturated rings. The lowest BCUT2D eigenvalue weighted by Crippen LogP contribution is -2.50. The molecule has 1 saturated heterocycles. The van der Waals surface area contributed by atoms with E-state index in [0.29, 0.717) is 12.2 Å². The summed E-state index contributed by atoms with van der Waals surface area (Å²) in [6.45, 7) is 2.12. The van der Waals surface area contributed by atoms with Crippen LogP contribution in [-0.2, 0) is 14.4 Å². The summed E-state index contributed by atoms with van der Waals surface area (Å²) in [7, 11) is 0. The highest BCUT2D eigenvalue weighted by Crippen LogP contribution is 2.29. The molecule has 2 N–H and O–H groups in total. The zero-order valence-electron chi connectivity index (χ0n) is 14.2. The maximum absolute atomic E-state index is 12.9. The number of carbonyl (C=O) groups excluding carboxylic acids is 3. The van der Waals surface area contributed by atoms with Gasteiger partial charge in [-0.1, -0.05) is 0 Å². The number of nitrogens with zero attached hydrogens (tertiary/aromatic N) is 2. The third kappa shape index (κ3) is 3.82. The van der Waals surface area contributed by atoms with Crippen LogP contribution in [0, 0.1) is 11.7 Å². The number of likely N-dealkylation sites (N-methyl/N-ethyl adjacent to an activating group) is 1. The second-order valence-electron chi connectivity index (χ2n) is 6.26. The number of hydrogen-bond donors (Lipinski definition) is 2. The van der Waals surface area contributed by atoms with Crippen molar-refractivity contribution in [1.29, 1.82) is 0 Å². The van der Waals surface area contributed by atoms with Crippen molar-refractivity contribution in [2.75, 3.05) is 11.9 Å². The fourth-order valence-corrected chi connectivity index (χ4v) is 3.11. The second-order valence-corrected chi connectivity index (χ2v) is 6.63. The minimum absolute atomic E-state index is 0.0581. The van der Waals surface area contributed by atoms with Crippen LogP contribution in [0.15, 0.2) is 24.3 Å². The minimum Gasteiger partial charge on any atom is -0.326 e. The molecule has 1 heterocycles. The summed E-state index contributed by atoms with van der Waals surface area (Å²) in [6, 6.07) is 4.42. The lowest BCUT2D eigenvalue weighted by Gasteiger charge is -2.24. The predicted molar refractivity (Wildman–Crippen MR) is 96.1 cm³/mol. The summed E-state index contributed by atoms with van der Waals surface area (Å²) in [6.07, 6.45) is 1.44. The third-order valence-electron chi connectivity index (χ3n) is 4.30. The lowest BCUT2D eigenvalue weighted by molar-refractivity contribution is -0.133. The fourth-order valence-electron chi connectivity index (χ4n) is 2.72. The van der Waals surface area contributed by atoms with Gasteiger partial charge in [0, 0.05) is 18.2 Å². The average molecular weight is 378 g/mol. The third-order valence-corrected chi connectivity index (χ3v) is 4.72. The lowest BCUT2D eigenvalue weighted by atomic mass is 10.2. The van der Waals surface area contributed by atoms with E-state index in [1.54, 1.807) is 6.92 Å². The van der Waals surface area contributed by atoms with Crippen LogP contribution in [0.25, 0.3) is 0 Å². The van der Waals surface area contributed by atoms with Crippen molar-refractivity contribution in [2.45, 2.75) is 32.2 Å². The molecule has 1 atom stereocenters. The molecule has 0 aromatic heterocycles. The summed E-state index contributed by atoms with van der Waals surface area (Å²) in [4.78, 5) is 38.3. The van der Waals surface area contributed by atoms with Gasteiger partial charge in [-0.3, -0.25) is 24.7 Å². The zero-order chi connectivity index (χ0) is 18.8. The van der Waals surface area contributed by atoms with E-state index in [-0.39, 0.29) is 29.3 Å². The number of hydrazine groups is 1. The van der Waals surface area contributed by atoms with E-state index in [1.807, 2.05) is 0 Å². The summed E-state index contributed by atoms with van der Waals surface area (Å²) >= 11 is 5.28. The Morgan fingerprint density at radius 3 is 2.50 bits per heavy atom. The van der Waals surface area contributed by atoms with Crippen LogP contribution in [0.1, 0.15) is 26.2 Å². The van der Waals surface area contributed by atoms with Crippen LogP contribution in [0.2, 0.25) is 0 Å². The van der Waals surface area contributed by atoms with Gasteiger partial charge in [0.15, 0.2) is 5.11 Å². The number of benzene rings is 1. The maximum Gasteiger partial charge on any atom is 0.254 e. The predicted octanol–water partition coefficient (Wildman–Crippen LogP) is 1.41. The molecule has 3 amide bonds. The number of anilines is 1. The first-order valence-corrected chi connectivity index (χ1v) is 8.82. The maximum atomic E-state index is 12.9. The normalized spacial score (nSPS) is 19.7. The van der Waals surface area contributed by atoms with Crippen molar-refractivity contribution in [2.24, 2.45) is 5.92 Å². The summed E-state index contributed by atoms with van der Waals surface area (Å²) in [5.74, 6) is -1.42. The first-order valence-electron chi connectivity index (χ1n) is 8.41. The Balaban J connectivity index is 1.70. The number of hydrogen-bond acceptors (Lipinski definition) is 4. The molecule has 0 spiro atoms. The topological polar surface area (TPSA) is 81.8 Å². The molecule has 9 heteroatoms. The van der Waals surface area contributed by atoms with Gasteiger partial charge in [0.25, 0.3) is 5.91 Å². The summed E-state index contributed by atoms with van der Waals surface area (Å²) in [5.41, 5.74) is 3.09. The molecule has 3 rings (SSSR count). The SMILES string of the molecule is CCN1C(=O)C(CC(=O)Nc2ccc(F)cc2)N(NC(=O)C2CC2)C1=S. The zero-order valence-corrected chi connectivity index (χ0v) is 15.0. The van der Waals surface area contributed by atoms with E-state index < -0.39 is 17.8 Å². The molecular weight excluding hydrogens is 359 g/mol. The van der Waals surface area contributed by atoms with Gasteiger partial charge in [-0.05, 0) is 56.2 Å². The number of rotatable bonds is 6. The Bertz CT molecular complexity index is 751. The Kier molecular flexibility index (Phi) is 5.17. The Morgan fingerprint density at radius 1 is 1.27 bits per heavy atom. The van der Waals surface area contributed by atoms with E-state index in [1.165, 1.54) is 34.2 Å². The first kappa shape index (κ1) is 18.2. The van der Waals surface area contributed by atoms with Crippen LogP contribution in [0.3, 0.4) is 0 Å². The van der Waals surface area contributed by atoms with Crippen LogP contribution in [-0.4, -0.2) is 45.3 Å². The Labute approximate surface area is 155 Å². The van der Waals surface area contributed by atoms with E-state index in [2.05, 4.69) is 10.7 Å². The standard InChI is InChI=1S/C17H19FN4O3S/c1-2-21-16(25)13(22(17(21)26)20-15(24)10-3-4-10)9-14(23)19-12-7-5-11(18)6-8-12/h5-8,10,13H,2-4,9H2,1H3,(H,19,23)(H,20,24). The van der Waals surface area contributed by atoms with Crippen molar-refractivity contribution in [3.63, 3.8) is 0 Å². The van der Waals surface area contributed by atoms with Gasteiger partial charge in [-0.15, -0.1) is 0 Å². The first-order chi connectivity index (χ1) is 12.4. The van der Waals surface area contributed by atoms with Crippen molar-refractivity contribution >= 4 is 40.7 Å². The number of nitrogens with one attached hydrogen (secondary N) is 2. The van der Waals surface area contributed by atoms with Crippen LogP contribution in [0.4, 0.5) is 10.1 Å². The van der Waals surface area contributed by atoms with E-state index in [9.17, 15) is 18.8 Å². The van der Waals surface area contributed by atoms with Gasteiger partial charge in [-0.25, -0.2) is 9.40 Å². The molecule has 2 aliphatic rings. The highest BCUT2D eigenvalue weighted by Gasteiger charge is 2.45. The van der Waals surface area contributed by atoms with E-state index in [0.717, 1.165) is 12.8 Å². The van der Waals surface area contributed by atoms with Crippen LogP contribution >= 0.6 is 12.2 Å². The molecule has 1 unspecified atom stereocenters.